The molecule has 12 heavy (non-hydrogen) atoms. The van der Waals surface area contributed by atoms with E-state index in [-0.39, 0.29) is 29.8 Å². The van der Waals surface area contributed by atoms with E-state index >= 15 is 0 Å². The van der Waals surface area contributed by atoms with Crippen LogP contribution in [0.3, 0.4) is 0 Å². The Hall–Kier alpha value is -0.120. The first-order chi connectivity index (χ1) is 5.55. The summed E-state index contributed by atoms with van der Waals surface area (Å²) in [4.78, 5) is 0. The van der Waals surface area contributed by atoms with Crippen LogP contribution in [-0.2, 0) is 4.74 Å². The average molecular weight is 172 g/mol. The minimum atomic E-state index is -0.372. The van der Waals surface area contributed by atoms with Crippen molar-refractivity contribution in [3.05, 3.63) is 0 Å². The molecular weight excluding hydrogens is 156 g/mol. The predicted molar refractivity (Wildman–Crippen MR) is 43.7 cm³/mol. The van der Waals surface area contributed by atoms with E-state index in [0.29, 0.717) is 0 Å². The lowest BCUT2D eigenvalue weighted by atomic mass is 9.89. The third kappa shape index (κ3) is 1.08. The van der Waals surface area contributed by atoms with Gasteiger partial charge in [0.2, 0.25) is 0 Å². The van der Waals surface area contributed by atoms with Gasteiger partial charge in [0, 0.05) is 6.42 Å². The summed E-state index contributed by atoms with van der Waals surface area (Å²) in [5.74, 6) is 0.242. The van der Waals surface area contributed by atoms with E-state index in [1.165, 1.54) is 0 Å². The summed E-state index contributed by atoms with van der Waals surface area (Å²) in [5, 5.41) is 18.9. The Morgan fingerprint density at radius 3 is 2.25 bits per heavy atom. The Balaban J connectivity index is 2.07. The standard InChI is InChI=1S/C9H16O3/c1-5-3-9(4-7(9)10)12-6(2)8(5)11/h5-8,10-11H,3-4H2,1-2H3/t5-,6-,7?,8+,9?/m0/s1. The fourth-order valence-electron chi connectivity index (χ4n) is 2.23. The minimum absolute atomic E-state index is 0.133. The van der Waals surface area contributed by atoms with Crippen LogP contribution >= 0.6 is 0 Å². The monoisotopic (exact) mass is 172 g/mol. The topological polar surface area (TPSA) is 49.7 Å². The SMILES string of the molecule is C[C@@H]1OC2(CC2O)C[C@H](C)[C@H]1O. The zero-order valence-corrected chi connectivity index (χ0v) is 7.53. The van der Waals surface area contributed by atoms with Crippen molar-refractivity contribution < 1.29 is 14.9 Å². The highest BCUT2D eigenvalue weighted by Crippen LogP contribution is 2.49. The van der Waals surface area contributed by atoms with Crippen LogP contribution in [0.2, 0.25) is 0 Å². The molecule has 3 nitrogen and oxygen atoms in total. The summed E-state index contributed by atoms with van der Waals surface area (Å²) in [5.41, 5.74) is -0.294. The highest BCUT2D eigenvalue weighted by molar-refractivity contribution is 5.10. The summed E-state index contributed by atoms with van der Waals surface area (Å²) in [6.45, 7) is 3.88. The summed E-state index contributed by atoms with van der Waals surface area (Å²) in [6.07, 6.45) is 0.734. The van der Waals surface area contributed by atoms with Gasteiger partial charge in [-0.3, -0.25) is 0 Å². The third-order valence-corrected chi connectivity index (χ3v) is 3.14. The molecule has 1 saturated heterocycles. The molecule has 0 amide bonds. The fourth-order valence-corrected chi connectivity index (χ4v) is 2.23. The number of hydrogen-bond acceptors (Lipinski definition) is 3. The average Bonchev–Trinajstić information content (AvgIpc) is 2.56. The third-order valence-electron chi connectivity index (χ3n) is 3.14. The van der Waals surface area contributed by atoms with Crippen LogP contribution < -0.4 is 0 Å². The van der Waals surface area contributed by atoms with E-state index in [4.69, 9.17) is 4.74 Å². The first-order valence-corrected chi connectivity index (χ1v) is 4.59. The highest BCUT2D eigenvalue weighted by atomic mass is 16.5. The lowest BCUT2D eigenvalue weighted by Crippen LogP contribution is -2.45. The number of ether oxygens (including phenoxy) is 1. The molecule has 0 bridgehead atoms. The molecule has 0 aromatic rings. The zero-order valence-electron chi connectivity index (χ0n) is 7.53. The van der Waals surface area contributed by atoms with Crippen LogP contribution in [-0.4, -0.2) is 34.1 Å². The molecular formula is C9H16O3. The van der Waals surface area contributed by atoms with Gasteiger partial charge in [-0.05, 0) is 19.3 Å². The molecule has 1 aliphatic heterocycles. The van der Waals surface area contributed by atoms with Gasteiger partial charge in [0.05, 0.1) is 23.9 Å². The molecule has 0 aromatic carbocycles. The molecule has 1 spiro atoms. The van der Waals surface area contributed by atoms with Gasteiger partial charge in [-0.1, -0.05) is 6.92 Å². The maximum Gasteiger partial charge on any atom is 0.0975 e. The zero-order chi connectivity index (χ0) is 8.93. The lowest BCUT2D eigenvalue weighted by Gasteiger charge is -2.37. The molecule has 5 atom stereocenters. The van der Waals surface area contributed by atoms with E-state index < -0.39 is 0 Å². The van der Waals surface area contributed by atoms with Gasteiger partial charge in [0.25, 0.3) is 0 Å². The molecule has 2 aliphatic rings. The lowest BCUT2D eigenvalue weighted by molar-refractivity contribution is -0.157. The van der Waals surface area contributed by atoms with Crippen molar-refractivity contribution >= 4 is 0 Å². The van der Waals surface area contributed by atoms with Crippen molar-refractivity contribution in [2.45, 2.75) is 50.6 Å². The van der Waals surface area contributed by atoms with Gasteiger partial charge in [0.15, 0.2) is 0 Å². The molecule has 1 saturated carbocycles. The Kier molecular flexibility index (Phi) is 1.72. The first kappa shape index (κ1) is 8.48. The van der Waals surface area contributed by atoms with Crippen LogP contribution in [0, 0.1) is 5.92 Å². The number of aliphatic hydroxyl groups excluding tert-OH is 2. The van der Waals surface area contributed by atoms with Crippen LogP contribution in [0.25, 0.3) is 0 Å². The molecule has 3 heteroatoms. The van der Waals surface area contributed by atoms with Crippen LogP contribution in [0.5, 0.6) is 0 Å². The van der Waals surface area contributed by atoms with Crippen LogP contribution in [0.1, 0.15) is 26.7 Å². The Labute approximate surface area is 72.3 Å². The smallest absolute Gasteiger partial charge is 0.0975 e. The van der Waals surface area contributed by atoms with Gasteiger partial charge in [0.1, 0.15) is 0 Å². The molecule has 2 fully saturated rings. The molecule has 2 unspecified atom stereocenters. The Morgan fingerprint density at radius 1 is 1.25 bits per heavy atom. The number of rotatable bonds is 0. The van der Waals surface area contributed by atoms with Gasteiger partial charge in [-0.25, -0.2) is 0 Å². The molecule has 1 aliphatic carbocycles. The van der Waals surface area contributed by atoms with E-state index in [1.807, 2.05) is 13.8 Å². The van der Waals surface area contributed by atoms with Crippen molar-refractivity contribution in [3.8, 4) is 0 Å². The second-order valence-electron chi connectivity index (χ2n) is 4.28. The van der Waals surface area contributed by atoms with Crippen molar-refractivity contribution in [2.24, 2.45) is 5.92 Å². The molecule has 0 radical (unpaired) electrons. The van der Waals surface area contributed by atoms with E-state index in [9.17, 15) is 10.2 Å². The summed E-state index contributed by atoms with van der Waals surface area (Å²) < 4.78 is 5.58. The summed E-state index contributed by atoms with van der Waals surface area (Å²) in [7, 11) is 0. The van der Waals surface area contributed by atoms with E-state index in [2.05, 4.69) is 0 Å². The second-order valence-corrected chi connectivity index (χ2v) is 4.28. The van der Waals surface area contributed by atoms with Gasteiger partial charge < -0.3 is 14.9 Å². The van der Waals surface area contributed by atoms with Crippen molar-refractivity contribution in [2.75, 3.05) is 0 Å². The van der Waals surface area contributed by atoms with Gasteiger partial charge >= 0.3 is 0 Å². The molecule has 1 heterocycles. The van der Waals surface area contributed by atoms with Gasteiger partial charge in [-0.15, -0.1) is 0 Å². The Morgan fingerprint density at radius 2 is 1.83 bits per heavy atom. The van der Waals surface area contributed by atoms with Crippen LogP contribution in [0.4, 0.5) is 0 Å². The van der Waals surface area contributed by atoms with Crippen LogP contribution in [0.15, 0.2) is 0 Å². The predicted octanol–water partition coefficient (Wildman–Crippen LogP) is 0.296. The fraction of sp³-hybridized carbons (Fsp3) is 1.00. The largest absolute Gasteiger partial charge is 0.390 e. The molecule has 2 rings (SSSR count). The van der Waals surface area contributed by atoms with E-state index in [1.54, 1.807) is 0 Å². The van der Waals surface area contributed by atoms with Gasteiger partial charge in [-0.2, -0.15) is 0 Å². The maximum atomic E-state index is 9.59. The Bertz CT molecular complexity index is 180. The summed E-state index contributed by atoms with van der Waals surface area (Å²) in [6, 6.07) is 0. The van der Waals surface area contributed by atoms with Crippen molar-refractivity contribution in [1.29, 1.82) is 0 Å². The molecule has 2 N–H and O–H groups in total. The van der Waals surface area contributed by atoms with Crippen molar-refractivity contribution in [3.63, 3.8) is 0 Å². The minimum Gasteiger partial charge on any atom is -0.390 e. The van der Waals surface area contributed by atoms with E-state index in [0.717, 1.165) is 12.8 Å². The maximum absolute atomic E-state index is 9.59. The number of hydrogen-bond donors (Lipinski definition) is 2. The highest BCUT2D eigenvalue weighted by Gasteiger charge is 2.59. The summed E-state index contributed by atoms with van der Waals surface area (Å²) >= 11 is 0. The number of aliphatic hydroxyl groups is 2. The second kappa shape index (κ2) is 2.44. The normalized spacial score (nSPS) is 59.0. The van der Waals surface area contributed by atoms with Crippen molar-refractivity contribution in [1.82, 2.24) is 0 Å². The molecule has 0 aromatic heterocycles. The molecule has 70 valence electrons. The first-order valence-electron chi connectivity index (χ1n) is 4.59. The quantitative estimate of drug-likeness (QED) is 0.552.